The van der Waals surface area contributed by atoms with Crippen molar-refractivity contribution in [1.82, 2.24) is 4.98 Å². The van der Waals surface area contributed by atoms with Crippen LogP contribution in [0.5, 0.6) is 0 Å². The highest BCUT2D eigenvalue weighted by Crippen LogP contribution is 2.19. The fourth-order valence-electron chi connectivity index (χ4n) is 1.60. The molecule has 18 heavy (non-hydrogen) atoms. The van der Waals surface area contributed by atoms with E-state index < -0.39 is 0 Å². The van der Waals surface area contributed by atoms with Crippen molar-refractivity contribution in [2.24, 2.45) is 0 Å². The Morgan fingerprint density at radius 3 is 3.06 bits per heavy atom. The molecule has 1 unspecified atom stereocenters. The van der Waals surface area contributed by atoms with Gasteiger partial charge in [0, 0.05) is 18.4 Å². The van der Waals surface area contributed by atoms with E-state index in [-0.39, 0.29) is 6.10 Å². The summed E-state index contributed by atoms with van der Waals surface area (Å²) in [6.07, 6.45) is 0.0185. The van der Waals surface area contributed by atoms with E-state index in [9.17, 15) is 0 Å². The Morgan fingerprint density at radius 1 is 1.44 bits per heavy atom. The Morgan fingerprint density at radius 2 is 2.28 bits per heavy atom. The maximum atomic E-state index is 5.67. The molecule has 5 heteroatoms. The minimum atomic E-state index is 0.0185. The lowest BCUT2D eigenvalue weighted by atomic mass is 10.3. The lowest BCUT2D eigenvalue weighted by Crippen LogP contribution is -2.15. The number of oxazole rings is 1. The van der Waals surface area contributed by atoms with Gasteiger partial charge < -0.3 is 19.6 Å². The van der Waals surface area contributed by atoms with Gasteiger partial charge in [-0.15, -0.1) is 0 Å². The first-order valence-corrected chi connectivity index (χ1v) is 6.03. The second-order valence-electron chi connectivity index (χ2n) is 4.12. The smallest absolute Gasteiger partial charge is 0.221 e. The van der Waals surface area contributed by atoms with Crippen LogP contribution >= 0.6 is 0 Å². The van der Waals surface area contributed by atoms with E-state index in [0.717, 1.165) is 5.52 Å². The third kappa shape index (κ3) is 3.21. The molecular formula is C13H18N2O3. The zero-order chi connectivity index (χ0) is 13.0. The van der Waals surface area contributed by atoms with Crippen LogP contribution in [0.1, 0.15) is 19.7 Å². The third-order valence-corrected chi connectivity index (χ3v) is 2.50. The Hall–Kier alpha value is -1.59. The molecule has 0 saturated heterocycles. The van der Waals surface area contributed by atoms with Gasteiger partial charge in [-0.1, -0.05) is 0 Å². The molecule has 1 atom stereocenters. The molecule has 1 aromatic heterocycles. The third-order valence-electron chi connectivity index (χ3n) is 2.50. The summed E-state index contributed by atoms with van der Waals surface area (Å²) in [6, 6.07) is 5.39. The summed E-state index contributed by atoms with van der Waals surface area (Å²) in [6.45, 7) is 5.51. The molecule has 2 N–H and O–H groups in total. The van der Waals surface area contributed by atoms with Crippen LogP contribution in [-0.2, 0) is 16.1 Å². The monoisotopic (exact) mass is 250 g/mol. The average Bonchev–Trinajstić information content (AvgIpc) is 2.75. The molecule has 1 heterocycles. The minimum absolute atomic E-state index is 0.0185. The fourth-order valence-corrected chi connectivity index (χ4v) is 1.60. The molecule has 1 aromatic carbocycles. The molecule has 0 saturated carbocycles. The summed E-state index contributed by atoms with van der Waals surface area (Å²) in [4.78, 5) is 4.32. The van der Waals surface area contributed by atoms with Crippen molar-refractivity contribution in [1.29, 1.82) is 0 Å². The zero-order valence-corrected chi connectivity index (χ0v) is 10.7. The van der Waals surface area contributed by atoms with Gasteiger partial charge in [0.15, 0.2) is 5.58 Å². The normalized spacial score (nSPS) is 13.0. The van der Waals surface area contributed by atoms with Crippen molar-refractivity contribution in [3.8, 4) is 0 Å². The van der Waals surface area contributed by atoms with Gasteiger partial charge in [0.1, 0.15) is 12.1 Å². The predicted molar refractivity (Wildman–Crippen MR) is 69.2 cm³/mol. The van der Waals surface area contributed by atoms with Crippen LogP contribution in [0.15, 0.2) is 22.6 Å². The van der Waals surface area contributed by atoms with E-state index in [4.69, 9.17) is 19.6 Å². The van der Waals surface area contributed by atoms with Crippen molar-refractivity contribution >= 4 is 16.8 Å². The van der Waals surface area contributed by atoms with Crippen LogP contribution in [0.25, 0.3) is 11.1 Å². The van der Waals surface area contributed by atoms with Gasteiger partial charge in [0.2, 0.25) is 5.89 Å². The van der Waals surface area contributed by atoms with Gasteiger partial charge in [-0.2, -0.15) is 0 Å². The van der Waals surface area contributed by atoms with Gasteiger partial charge in [-0.25, -0.2) is 4.98 Å². The highest BCUT2D eigenvalue weighted by atomic mass is 16.5. The first-order chi connectivity index (χ1) is 8.69. The molecule has 0 aliphatic carbocycles. The average molecular weight is 250 g/mol. The summed E-state index contributed by atoms with van der Waals surface area (Å²) in [7, 11) is 0. The largest absolute Gasteiger partial charge is 0.438 e. The van der Waals surface area contributed by atoms with Crippen molar-refractivity contribution in [2.75, 3.05) is 18.9 Å². The number of hydrogen-bond acceptors (Lipinski definition) is 5. The first-order valence-electron chi connectivity index (χ1n) is 6.03. The number of nitrogens with two attached hydrogens (primary N) is 1. The Kier molecular flexibility index (Phi) is 4.17. The zero-order valence-electron chi connectivity index (χ0n) is 10.7. The molecule has 0 aliphatic heterocycles. The molecule has 98 valence electrons. The van der Waals surface area contributed by atoms with Crippen molar-refractivity contribution in [2.45, 2.75) is 26.6 Å². The molecule has 5 nitrogen and oxygen atoms in total. The number of ether oxygens (including phenoxy) is 2. The summed E-state index contributed by atoms with van der Waals surface area (Å²) >= 11 is 0. The Bertz CT molecular complexity index is 510. The van der Waals surface area contributed by atoms with Crippen LogP contribution < -0.4 is 5.73 Å². The number of anilines is 1. The standard InChI is InChI=1S/C13H18N2O3/c1-3-16-7-9(2)17-8-13-15-11-5-4-10(14)6-12(11)18-13/h4-6,9H,3,7-8,14H2,1-2H3. The van der Waals surface area contributed by atoms with E-state index in [1.165, 1.54) is 0 Å². The number of nitrogens with zero attached hydrogens (tertiary/aromatic N) is 1. The van der Waals surface area contributed by atoms with Gasteiger partial charge in [-0.05, 0) is 26.0 Å². The van der Waals surface area contributed by atoms with Gasteiger partial charge in [-0.3, -0.25) is 0 Å². The van der Waals surface area contributed by atoms with Gasteiger partial charge >= 0.3 is 0 Å². The molecular weight excluding hydrogens is 232 g/mol. The lowest BCUT2D eigenvalue weighted by Gasteiger charge is -2.10. The second kappa shape index (κ2) is 5.84. The molecule has 2 aromatic rings. The second-order valence-corrected chi connectivity index (χ2v) is 4.12. The van der Waals surface area contributed by atoms with E-state index in [2.05, 4.69) is 4.98 Å². The van der Waals surface area contributed by atoms with Crippen LogP contribution in [0, 0.1) is 0 Å². The first kappa shape index (κ1) is 12.9. The SMILES string of the molecule is CCOCC(C)OCc1nc2ccc(N)cc2o1. The highest BCUT2D eigenvalue weighted by Gasteiger charge is 2.08. The molecule has 0 aliphatic rings. The number of hydrogen-bond donors (Lipinski definition) is 1. The molecule has 0 fully saturated rings. The topological polar surface area (TPSA) is 70.5 Å². The molecule has 0 spiro atoms. The van der Waals surface area contributed by atoms with Crippen LogP contribution in [0.3, 0.4) is 0 Å². The number of rotatable bonds is 6. The summed E-state index contributed by atoms with van der Waals surface area (Å²) in [5, 5.41) is 0. The van der Waals surface area contributed by atoms with Gasteiger partial charge in [0.25, 0.3) is 0 Å². The van der Waals surface area contributed by atoms with E-state index in [1.54, 1.807) is 12.1 Å². The van der Waals surface area contributed by atoms with E-state index >= 15 is 0 Å². The molecule has 0 bridgehead atoms. The number of aromatic nitrogens is 1. The maximum absolute atomic E-state index is 5.67. The quantitative estimate of drug-likeness (QED) is 0.797. The van der Waals surface area contributed by atoms with Crippen molar-refractivity contribution in [3.63, 3.8) is 0 Å². The van der Waals surface area contributed by atoms with Crippen LogP contribution in [0.2, 0.25) is 0 Å². The lowest BCUT2D eigenvalue weighted by molar-refractivity contribution is -0.0181. The number of benzene rings is 1. The van der Waals surface area contributed by atoms with Crippen LogP contribution in [0.4, 0.5) is 5.69 Å². The van der Waals surface area contributed by atoms with Crippen molar-refractivity contribution < 1.29 is 13.9 Å². The van der Waals surface area contributed by atoms with Gasteiger partial charge in [0.05, 0.1) is 12.7 Å². The Balaban J connectivity index is 1.95. The summed E-state index contributed by atoms with van der Waals surface area (Å²) < 4.78 is 16.4. The maximum Gasteiger partial charge on any atom is 0.221 e. The van der Waals surface area contributed by atoms with E-state index in [1.807, 2.05) is 19.9 Å². The Labute approximate surface area is 106 Å². The molecule has 2 rings (SSSR count). The molecule has 0 amide bonds. The molecule has 0 radical (unpaired) electrons. The predicted octanol–water partition coefficient (Wildman–Crippen LogP) is 2.35. The number of fused-ring (bicyclic) bond motifs is 1. The van der Waals surface area contributed by atoms with Crippen molar-refractivity contribution in [3.05, 3.63) is 24.1 Å². The summed E-state index contributed by atoms with van der Waals surface area (Å²) in [5.41, 5.74) is 7.82. The fraction of sp³-hybridized carbons (Fsp3) is 0.462. The summed E-state index contributed by atoms with van der Waals surface area (Å²) in [5.74, 6) is 0.555. The minimum Gasteiger partial charge on any atom is -0.438 e. The van der Waals surface area contributed by atoms with Crippen LogP contribution in [-0.4, -0.2) is 24.3 Å². The number of nitrogen functional groups attached to an aromatic ring is 1. The van der Waals surface area contributed by atoms with E-state index in [0.29, 0.717) is 37.0 Å². The highest BCUT2D eigenvalue weighted by molar-refractivity contribution is 5.76.